The number of amides is 1. The van der Waals surface area contributed by atoms with E-state index in [4.69, 9.17) is 37.4 Å². The SMILES string of the molecule is COc1ccc(C(O)=C2C(=O)C(=O)N(CC(OC)OC)C2c2ccc(Cl)cc2Cl)cc1. The number of benzene rings is 2. The van der Waals surface area contributed by atoms with Crippen LogP contribution >= 0.6 is 23.2 Å². The van der Waals surface area contributed by atoms with Crippen molar-refractivity contribution in [3.63, 3.8) is 0 Å². The zero-order valence-corrected chi connectivity index (χ0v) is 18.6. The molecule has 31 heavy (non-hydrogen) atoms. The number of carbonyl (C=O) groups is 2. The average molecular weight is 466 g/mol. The van der Waals surface area contributed by atoms with Gasteiger partial charge in [-0.2, -0.15) is 0 Å². The minimum absolute atomic E-state index is 0.0550. The number of Topliss-reactive ketones (excluding diaryl/α,β-unsaturated/α-hetero) is 1. The Morgan fingerprint density at radius 1 is 1.06 bits per heavy atom. The number of rotatable bonds is 7. The van der Waals surface area contributed by atoms with E-state index in [0.717, 1.165) is 0 Å². The fourth-order valence-corrected chi connectivity index (χ4v) is 3.94. The van der Waals surface area contributed by atoms with Gasteiger partial charge in [0.05, 0.1) is 25.3 Å². The van der Waals surface area contributed by atoms with E-state index in [9.17, 15) is 14.7 Å². The molecule has 9 heteroatoms. The monoisotopic (exact) mass is 465 g/mol. The average Bonchev–Trinajstić information content (AvgIpc) is 3.01. The number of halogens is 2. The van der Waals surface area contributed by atoms with Crippen LogP contribution in [0.4, 0.5) is 0 Å². The van der Waals surface area contributed by atoms with Gasteiger partial charge in [0.2, 0.25) is 0 Å². The first-order valence-corrected chi connectivity index (χ1v) is 10.0. The van der Waals surface area contributed by atoms with Crippen LogP contribution in [-0.2, 0) is 19.1 Å². The Bertz CT molecular complexity index is 1020. The molecular weight excluding hydrogens is 445 g/mol. The summed E-state index contributed by atoms with van der Waals surface area (Å²) in [6, 6.07) is 10.2. The van der Waals surface area contributed by atoms with Crippen LogP contribution in [0.2, 0.25) is 10.0 Å². The molecule has 0 aromatic heterocycles. The summed E-state index contributed by atoms with van der Waals surface area (Å²) in [4.78, 5) is 27.2. The summed E-state index contributed by atoms with van der Waals surface area (Å²) in [6.07, 6.45) is -0.784. The molecule has 0 spiro atoms. The summed E-state index contributed by atoms with van der Waals surface area (Å²) in [5, 5.41) is 11.7. The van der Waals surface area contributed by atoms with Crippen LogP contribution in [0.1, 0.15) is 17.2 Å². The highest BCUT2D eigenvalue weighted by Crippen LogP contribution is 2.42. The number of ketones is 1. The summed E-state index contributed by atoms with van der Waals surface area (Å²) < 4.78 is 15.6. The summed E-state index contributed by atoms with van der Waals surface area (Å²) in [5.41, 5.74) is 0.695. The molecule has 1 fully saturated rings. The van der Waals surface area contributed by atoms with Gasteiger partial charge in [0.1, 0.15) is 11.5 Å². The van der Waals surface area contributed by atoms with Gasteiger partial charge < -0.3 is 24.2 Å². The molecule has 1 N–H and O–H groups in total. The van der Waals surface area contributed by atoms with Gasteiger partial charge in [-0.1, -0.05) is 29.3 Å². The number of aliphatic hydroxyl groups is 1. The van der Waals surface area contributed by atoms with Crippen LogP contribution in [0, 0.1) is 0 Å². The number of methoxy groups -OCH3 is 3. The summed E-state index contributed by atoms with van der Waals surface area (Å²) >= 11 is 12.4. The third kappa shape index (κ3) is 4.55. The third-order valence-electron chi connectivity index (χ3n) is 5.03. The predicted molar refractivity (Wildman–Crippen MR) is 116 cm³/mol. The van der Waals surface area contributed by atoms with Crippen LogP contribution in [0.5, 0.6) is 5.75 Å². The maximum absolute atomic E-state index is 13.0. The Morgan fingerprint density at radius 2 is 1.71 bits per heavy atom. The number of nitrogens with zero attached hydrogens (tertiary/aromatic N) is 1. The largest absolute Gasteiger partial charge is 0.507 e. The molecule has 1 aliphatic heterocycles. The molecule has 1 heterocycles. The second-order valence-corrected chi connectivity index (χ2v) is 7.59. The van der Waals surface area contributed by atoms with Crippen molar-refractivity contribution in [2.75, 3.05) is 27.9 Å². The Kier molecular flexibility index (Phi) is 7.23. The molecule has 1 saturated heterocycles. The predicted octanol–water partition coefficient (Wildman–Crippen LogP) is 4.04. The van der Waals surface area contributed by atoms with Crippen molar-refractivity contribution >= 4 is 40.7 Å². The topological polar surface area (TPSA) is 85.3 Å². The van der Waals surface area contributed by atoms with Gasteiger partial charge in [-0.15, -0.1) is 0 Å². The van der Waals surface area contributed by atoms with E-state index in [2.05, 4.69) is 0 Å². The zero-order chi connectivity index (χ0) is 22.7. The van der Waals surface area contributed by atoms with Crippen molar-refractivity contribution < 1.29 is 28.9 Å². The second kappa shape index (κ2) is 9.70. The maximum Gasteiger partial charge on any atom is 0.295 e. The normalized spacial score (nSPS) is 18.1. The molecular formula is C22H21Cl2NO6. The summed E-state index contributed by atoms with van der Waals surface area (Å²) in [6.45, 7) is -0.0550. The van der Waals surface area contributed by atoms with E-state index >= 15 is 0 Å². The fraction of sp³-hybridized carbons (Fsp3) is 0.273. The lowest BCUT2D eigenvalue weighted by atomic mass is 9.95. The minimum atomic E-state index is -0.959. The van der Waals surface area contributed by atoms with Gasteiger partial charge in [0, 0.05) is 29.8 Å². The molecule has 3 rings (SSSR count). The van der Waals surface area contributed by atoms with Gasteiger partial charge in [-0.25, -0.2) is 0 Å². The molecule has 0 bridgehead atoms. The molecule has 164 valence electrons. The van der Waals surface area contributed by atoms with Crippen LogP contribution in [0.3, 0.4) is 0 Å². The van der Waals surface area contributed by atoms with E-state index in [0.29, 0.717) is 21.9 Å². The van der Waals surface area contributed by atoms with Gasteiger partial charge >= 0.3 is 0 Å². The van der Waals surface area contributed by atoms with E-state index in [1.54, 1.807) is 36.4 Å². The van der Waals surface area contributed by atoms with Crippen LogP contribution in [0.15, 0.2) is 48.0 Å². The lowest BCUT2D eigenvalue weighted by Crippen LogP contribution is -2.38. The number of likely N-dealkylation sites (tertiary alicyclic amines) is 1. The van der Waals surface area contributed by atoms with Crippen molar-refractivity contribution in [2.24, 2.45) is 0 Å². The number of hydrogen-bond acceptors (Lipinski definition) is 6. The second-order valence-electron chi connectivity index (χ2n) is 6.75. The van der Waals surface area contributed by atoms with Crippen LogP contribution in [0.25, 0.3) is 5.76 Å². The highest BCUT2D eigenvalue weighted by Gasteiger charge is 2.47. The van der Waals surface area contributed by atoms with Gasteiger partial charge in [0.25, 0.3) is 11.7 Å². The van der Waals surface area contributed by atoms with E-state index < -0.39 is 24.0 Å². The zero-order valence-electron chi connectivity index (χ0n) is 17.1. The lowest BCUT2D eigenvalue weighted by molar-refractivity contribution is -0.149. The molecule has 1 unspecified atom stereocenters. The van der Waals surface area contributed by atoms with Crippen molar-refractivity contribution in [3.05, 3.63) is 69.2 Å². The van der Waals surface area contributed by atoms with Crippen molar-refractivity contribution in [3.8, 4) is 5.75 Å². The Morgan fingerprint density at radius 3 is 2.26 bits per heavy atom. The van der Waals surface area contributed by atoms with Crippen molar-refractivity contribution in [2.45, 2.75) is 12.3 Å². The number of ether oxygens (including phenoxy) is 3. The molecule has 7 nitrogen and oxygen atoms in total. The van der Waals surface area contributed by atoms with Crippen LogP contribution in [-0.4, -0.2) is 55.9 Å². The molecule has 1 aliphatic rings. The molecule has 0 aliphatic carbocycles. The van der Waals surface area contributed by atoms with Crippen LogP contribution < -0.4 is 4.74 Å². The Balaban J connectivity index is 2.18. The highest BCUT2D eigenvalue weighted by atomic mass is 35.5. The highest BCUT2D eigenvalue weighted by molar-refractivity contribution is 6.47. The van der Waals surface area contributed by atoms with Gasteiger partial charge in [-0.05, 0) is 42.0 Å². The number of carbonyl (C=O) groups excluding carboxylic acids is 2. The smallest absolute Gasteiger partial charge is 0.295 e. The fourth-order valence-electron chi connectivity index (χ4n) is 3.43. The molecule has 2 aromatic rings. The van der Waals surface area contributed by atoms with E-state index in [1.807, 2.05) is 0 Å². The standard InChI is InChI=1S/C22H21Cl2NO6/c1-29-14-7-4-12(5-8-14)20(26)18-19(15-9-6-13(23)10-16(15)24)25(22(28)21(18)27)11-17(30-2)31-3/h4-10,17,19,26H,11H2,1-3H3. The lowest BCUT2D eigenvalue weighted by Gasteiger charge is -2.28. The van der Waals surface area contributed by atoms with Crippen molar-refractivity contribution in [1.82, 2.24) is 4.90 Å². The quantitative estimate of drug-likeness (QED) is 0.287. The molecule has 1 amide bonds. The summed E-state index contributed by atoms with van der Waals surface area (Å²) in [7, 11) is 4.36. The molecule has 1 atom stereocenters. The Labute approximate surface area is 189 Å². The van der Waals surface area contributed by atoms with Crippen molar-refractivity contribution in [1.29, 1.82) is 0 Å². The van der Waals surface area contributed by atoms with E-state index in [1.165, 1.54) is 32.3 Å². The molecule has 0 saturated carbocycles. The molecule has 0 radical (unpaired) electrons. The minimum Gasteiger partial charge on any atom is -0.507 e. The molecule has 2 aromatic carbocycles. The first-order valence-electron chi connectivity index (χ1n) is 9.25. The first kappa shape index (κ1) is 23.1. The maximum atomic E-state index is 13.0. The van der Waals surface area contributed by atoms with E-state index in [-0.39, 0.29) is 22.9 Å². The van der Waals surface area contributed by atoms with Gasteiger partial charge in [0.15, 0.2) is 6.29 Å². The third-order valence-corrected chi connectivity index (χ3v) is 5.59. The summed E-state index contributed by atoms with van der Waals surface area (Å²) in [5.74, 6) is -1.39. The Hall–Kier alpha value is -2.58. The number of hydrogen-bond donors (Lipinski definition) is 1. The number of aliphatic hydroxyl groups excluding tert-OH is 1. The first-order chi connectivity index (χ1) is 14.8. The van der Waals surface area contributed by atoms with Gasteiger partial charge in [-0.3, -0.25) is 9.59 Å².